The van der Waals surface area contributed by atoms with Gasteiger partial charge in [0.15, 0.2) is 0 Å². The summed E-state index contributed by atoms with van der Waals surface area (Å²) in [6.07, 6.45) is 3.67. The van der Waals surface area contributed by atoms with Gasteiger partial charge in [0.25, 0.3) is 0 Å². The van der Waals surface area contributed by atoms with Gasteiger partial charge in [-0.15, -0.1) is 0 Å². The van der Waals surface area contributed by atoms with Gasteiger partial charge in [-0.1, -0.05) is 0 Å². The molecule has 0 bridgehead atoms. The van der Waals surface area contributed by atoms with Gasteiger partial charge < -0.3 is 11.1 Å². The molecule has 19 heavy (non-hydrogen) atoms. The molecule has 0 aliphatic carbocycles. The molecule has 5 heteroatoms. The number of thioether (sulfide) groups is 2. The normalized spacial score (nSPS) is 19.5. The largest absolute Gasteiger partial charge is 0.398 e. The molecule has 1 atom stereocenters. The fourth-order valence-corrected chi connectivity index (χ4v) is 4.86. The predicted octanol–water partition coefficient (Wildman–Crippen LogP) is 3.08. The third-order valence-electron chi connectivity index (χ3n) is 3.26. The molecular formula is C14H17N3S2. The van der Waals surface area contributed by atoms with Crippen molar-refractivity contribution in [1.82, 2.24) is 4.98 Å². The highest BCUT2D eigenvalue weighted by Gasteiger charge is 2.14. The number of hydrogen-bond donors (Lipinski definition) is 2. The summed E-state index contributed by atoms with van der Waals surface area (Å²) in [6, 6.07) is 5.99. The lowest BCUT2D eigenvalue weighted by Gasteiger charge is -2.22. The van der Waals surface area contributed by atoms with Crippen LogP contribution in [-0.4, -0.2) is 34.0 Å². The van der Waals surface area contributed by atoms with E-state index < -0.39 is 0 Å². The molecule has 1 fully saturated rings. The molecule has 1 saturated heterocycles. The number of anilines is 2. The van der Waals surface area contributed by atoms with Gasteiger partial charge in [0.1, 0.15) is 0 Å². The van der Waals surface area contributed by atoms with Crippen molar-refractivity contribution in [2.45, 2.75) is 5.25 Å². The second kappa shape index (κ2) is 5.92. The van der Waals surface area contributed by atoms with Crippen LogP contribution in [0.25, 0.3) is 10.8 Å². The van der Waals surface area contributed by atoms with Crippen molar-refractivity contribution in [3.63, 3.8) is 0 Å². The fraction of sp³-hybridized carbons (Fsp3) is 0.357. The van der Waals surface area contributed by atoms with Crippen LogP contribution in [0.2, 0.25) is 0 Å². The highest BCUT2D eigenvalue weighted by molar-refractivity contribution is 8.06. The summed E-state index contributed by atoms with van der Waals surface area (Å²) in [5.74, 6) is 3.79. The lowest BCUT2D eigenvalue weighted by molar-refractivity contribution is 1.01. The molecule has 0 radical (unpaired) electrons. The molecule has 1 aliphatic heterocycles. The number of nitrogens with two attached hydrogens (primary N) is 1. The SMILES string of the molecule is Nc1ccc(NCC2CSCCS2)c2cnccc12. The molecule has 1 aliphatic rings. The monoisotopic (exact) mass is 291 g/mol. The van der Waals surface area contributed by atoms with Gasteiger partial charge in [-0.05, 0) is 18.2 Å². The Hall–Kier alpha value is -1.07. The molecular weight excluding hydrogens is 274 g/mol. The standard InChI is InChI=1S/C14H17N3S2/c15-13-1-2-14(12-8-16-4-3-11(12)13)17-7-10-9-18-5-6-19-10/h1-4,8,10,17H,5-7,9,15H2. The van der Waals surface area contributed by atoms with E-state index in [1.54, 1.807) is 6.20 Å². The Morgan fingerprint density at radius 3 is 3.05 bits per heavy atom. The van der Waals surface area contributed by atoms with E-state index >= 15 is 0 Å². The number of nitrogens with zero attached hydrogens (tertiary/aromatic N) is 1. The molecule has 2 aromatic rings. The zero-order valence-corrected chi connectivity index (χ0v) is 12.3. The minimum Gasteiger partial charge on any atom is -0.398 e. The van der Waals surface area contributed by atoms with Crippen LogP contribution in [0.1, 0.15) is 0 Å². The van der Waals surface area contributed by atoms with Gasteiger partial charge in [0, 0.05) is 63.6 Å². The highest BCUT2D eigenvalue weighted by atomic mass is 32.2. The average molecular weight is 291 g/mol. The van der Waals surface area contributed by atoms with E-state index in [0.29, 0.717) is 5.25 Å². The first-order valence-electron chi connectivity index (χ1n) is 6.40. The van der Waals surface area contributed by atoms with Gasteiger partial charge in [-0.3, -0.25) is 4.98 Å². The Morgan fingerprint density at radius 2 is 2.21 bits per heavy atom. The molecule has 0 amide bonds. The van der Waals surface area contributed by atoms with Crippen LogP contribution >= 0.6 is 23.5 Å². The van der Waals surface area contributed by atoms with Gasteiger partial charge in [-0.2, -0.15) is 23.5 Å². The van der Waals surface area contributed by atoms with Gasteiger partial charge in [-0.25, -0.2) is 0 Å². The predicted molar refractivity (Wildman–Crippen MR) is 88.2 cm³/mol. The third-order valence-corrected chi connectivity index (χ3v) is 6.10. The molecule has 0 spiro atoms. The first-order chi connectivity index (χ1) is 9.34. The molecule has 2 heterocycles. The summed E-state index contributed by atoms with van der Waals surface area (Å²) in [7, 11) is 0. The number of benzene rings is 1. The van der Waals surface area contributed by atoms with Crippen LogP contribution < -0.4 is 11.1 Å². The van der Waals surface area contributed by atoms with Crippen LogP contribution in [0.4, 0.5) is 11.4 Å². The molecule has 3 nitrogen and oxygen atoms in total. The zero-order chi connectivity index (χ0) is 13.1. The second-order valence-corrected chi connectivity index (χ2v) is 7.13. The summed E-state index contributed by atoms with van der Waals surface area (Å²) in [5.41, 5.74) is 7.94. The van der Waals surface area contributed by atoms with E-state index in [2.05, 4.69) is 39.9 Å². The Balaban J connectivity index is 1.79. The molecule has 1 unspecified atom stereocenters. The van der Waals surface area contributed by atoms with Crippen LogP contribution in [0.15, 0.2) is 30.6 Å². The number of fused-ring (bicyclic) bond motifs is 1. The Morgan fingerprint density at radius 1 is 1.26 bits per heavy atom. The van der Waals surface area contributed by atoms with Crippen molar-refractivity contribution in [3.8, 4) is 0 Å². The van der Waals surface area contributed by atoms with E-state index in [1.165, 1.54) is 17.3 Å². The molecule has 3 N–H and O–H groups in total. The second-order valence-electron chi connectivity index (χ2n) is 4.57. The lowest BCUT2D eigenvalue weighted by Crippen LogP contribution is -2.23. The summed E-state index contributed by atoms with van der Waals surface area (Å²) < 4.78 is 0. The van der Waals surface area contributed by atoms with Crippen molar-refractivity contribution in [2.24, 2.45) is 0 Å². The number of aromatic nitrogens is 1. The number of rotatable bonds is 3. The molecule has 1 aromatic heterocycles. The third kappa shape index (κ3) is 2.92. The topological polar surface area (TPSA) is 50.9 Å². The molecule has 0 saturated carbocycles. The maximum atomic E-state index is 6.00. The van der Waals surface area contributed by atoms with E-state index in [0.717, 1.165) is 28.7 Å². The summed E-state index contributed by atoms with van der Waals surface area (Å²) >= 11 is 4.12. The first kappa shape index (κ1) is 12.9. The van der Waals surface area contributed by atoms with Crippen molar-refractivity contribution in [2.75, 3.05) is 34.9 Å². The van der Waals surface area contributed by atoms with Gasteiger partial charge in [0.05, 0.1) is 0 Å². The minimum absolute atomic E-state index is 0.697. The minimum atomic E-state index is 0.697. The first-order valence-corrected chi connectivity index (χ1v) is 8.60. The quantitative estimate of drug-likeness (QED) is 0.851. The van der Waals surface area contributed by atoms with Gasteiger partial charge in [0.2, 0.25) is 0 Å². The van der Waals surface area contributed by atoms with Gasteiger partial charge >= 0.3 is 0 Å². The van der Waals surface area contributed by atoms with Crippen LogP contribution in [0.5, 0.6) is 0 Å². The van der Waals surface area contributed by atoms with E-state index in [9.17, 15) is 0 Å². The number of nitrogen functional groups attached to an aromatic ring is 1. The maximum Gasteiger partial charge on any atom is 0.0437 e. The summed E-state index contributed by atoms with van der Waals surface area (Å²) in [6.45, 7) is 1.01. The Bertz CT molecular complexity index is 568. The summed E-state index contributed by atoms with van der Waals surface area (Å²) in [5, 5.41) is 6.43. The molecule has 100 valence electrons. The number of hydrogen-bond acceptors (Lipinski definition) is 5. The Labute approximate surface area is 121 Å². The number of pyridine rings is 1. The van der Waals surface area contributed by atoms with E-state index in [4.69, 9.17) is 5.73 Å². The van der Waals surface area contributed by atoms with Crippen molar-refractivity contribution in [1.29, 1.82) is 0 Å². The van der Waals surface area contributed by atoms with E-state index in [-0.39, 0.29) is 0 Å². The van der Waals surface area contributed by atoms with Crippen LogP contribution in [-0.2, 0) is 0 Å². The highest BCUT2D eigenvalue weighted by Crippen LogP contribution is 2.29. The van der Waals surface area contributed by atoms with Crippen LogP contribution in [0.3, 0.4) is 0 Å². The lowest BCUT2D eigenvalue weighted by atomic mass is 10.1. The van der Waals surface area contributed by atoms with Crippen LogP contribution in [0, 0.1) is 0 Å². The van der Waals surface area contributed by atoms with Crippen molar-refractivity contribution < 1.29 is 0 Å². The number of nitrogens with one attached hydrogen (secondary N) is 1. The smallest absolute Gasteiger partial charge is 0.0437 e. The molecule has 1 aromatic carbocycles. The molecule has 3 rings (SSSR count). The zero-order valence-electron chi connectivity index (χ0n) is 10.6. The van der Waals surface area contributed by atoms with E-state index in [1.807, 2.05) is 18.3 Å². The fourth-order valence-electron chi connectivity index (χ4n) is 2.25. The average Bonchev–Trinajstić information content (AvgIpc) is 2.48. The van der Waals surface area contributed by atoms with Crippen molar-refractivity contribution in [3.05, 3.63) is 30.6 Å². The summed E-state index contributed by atoms with van der Waals surface area (Å²) in [4.78, 5) is 4.20. The Kier molecular flexibility index (Phi) is 4.03. The maximum absolute atomic E-state index is 6.00. The van der Waals surface area contributed by atoms with Crippen molar-refractivity contribution >= 4 is 45.7 Å².